The fourth-order valence-corrected chi connectivity index (χ4v) is 3.34. The third kappa shape index (κ3) is 7.75. The zero-order chi connectivity index (χ0) is 23.7. The molecule has 0 radical (unpaired) electrons. The minimum atomic E-state index is -0.991. The summed E-state index contributed by atoms with van der Waals surface area (Å²) in [5, 5.41) is 17.5. The lowest BCUT2D eigenvalue weighted by Gasteiger charge is -2.18. The van der Waals surface area contributed by atoms with E-state index in [4.69, 9.17) is 32.9 Å². The molecule has 1 amide bonds. The molecule has 3 rings (SSSR count). The standard InChI is InChI=1S/C16H17NO3.C7H9NO3S/c17-15(16(18)19)10-12-6-8-14(9-7-12)20-11-13-4-2-1-3-5-13;1-4(9)8-3-5(12)2-6(8)7(10)11/h1-9,15H,10-11,17H2,(H,18,19);6H,2-3H2,1H3,(H,10,11)/t15-;6-/m00/s1. The number of rotatable bonds is 7. The number of carboxylic acid groups (broad SMARTS) is 2. The van der Waals surface area contributed by atoms with Crippen LogP contribution in [0.1, 0.15) is 24.5 Å². The van der Waals surface area contributed by atoms with Gasteiger partial charge in [-0.3, -0.25) is 9.59 Å². The Morgan fingerprint density at radius 1 is 1.09 bits per heavy atom. The van der Waals surface area contributed by atoms with E-state index in [1.165, 1.54) is 11.8 Å². The van der Waals surface area contributed by atoms with Gasteiger partial charge < -0.3 is 25.6 Å². The van der Waals surface area contributed by atoms with E-state index in [-0.39, 0.29) is 5.91 Å². The molecule has 0 aliphatic carbocycles. The van der Waals surface area contributed by atoms with Crippen molar-refractivity contribution in [3.05, 3.63) is 65.7 Å². The molecular weight excluding hydrogens is 432 g/mol. The Labute approximate surface area is 191 Å². The molecule has 2 aromatic rings. The van der Waals surface area contributed by atoms with Crippen LogP contribution in [0.15, 0.2) is 54.6 Å². The molecule has 170 valence electrons. The number of carbonyl (C=O) groups excluding carboxylic acids is 1. The molecule has 32 heavy (non-hydrogen) atoms. The molecule has 1 aliphatic heterocycles. The minimum absolute atomic E-state index is 0.234. The first-order chi connectivity index (χ1) is 15.2. The third-order valence-corrected chi connectivity index (χ3v) is 5.07. The fraction of sp³-hybridized carbons (Fsp3) is 0.304. The summed E-state index contributed by atoms with van der Waals surface area (Å²) in [7, 11) is 0. The summed E-state index contributed by atoms with van der Waals surface area (Å²) in [6.45, 7) is 2.17. The van der Waals surface area contributed by atoms with Gasteiger partial charge in [0.15, 0.2) is 0 Å². The second-order valence-electron chi connectivity index (χ2n) is 7.31. The van der Waals surface area contributed by atoms with E-state index in [2.05, 4.69) is 0 Å². The maximum absolute atomic E-state index is 10.9. The lowest BCUT2D eigenvalue weighted by molar-refractivity contribution is -0.147. The van der Waals surface area contributed by atoms with Crippen molar-refractivity contribution in [3.8, 4) is 5.75 Å². The summed E-state index contributed by atoms with van der Waals surface area (Å²) in [6.07, 6.45) is 0.624. The molecule has 0 spiro atoms. The number of carboxylic acids is 2. The van der Waals surface area contributed by atoms with Crippen LogP contribution in [0.2, 0.25) is 0 Å². The van der Waals surface area contributed by atoms with Gasteiger partial charge in [0.1, 0.15) is 24.4 Å². The number of aliphatic carboxylic acids is 2. The van der Waals surface area contributed by atoms with Crippen LogP contribution >= 0.6 is 12.2 Å². The maximum Gasteiger partial charge on any atom is 0.326 e. The number of thiocarbonyl (C=S) groups is 1. The Bertz CT molecular complexity index is 925. The van der Waals surface area contributed by atoms with E-state index in [9.17, 15) is 14.4 Å². The van der Waals surface area contributed by atoms with Crippen molar-refractivity contribution >= 4 is 34.9 Å². The van der Waals surface area contributed by atoms with Gasteiger partial charge in [-0.05, 0) is 29.7 Å². The highest BCUT2D eigenvalue weighted by atomic mass is 32.1. The van der Waals surface area contributed by atoms with E-state index in [1.807, 2.05) is 54.6 Å². The zero-order valence-corrected chi connectivity index (χ0v) is 18.5. The van der Waals surface area contributed by atoms with Gasteiger partial charge in [0.05, 0.1) is 6.54 Å². The van der Waals surface area contributed by atoms with E-state index in [0.717, 1.165) is 16.9 Å². The molecule has 2 aromatic carbocycles. The van der Waals surface area contributed by atoms with Gasteiger partial charge >= 0.3 is 11.9 Å². The topological polar surface area (TPSA) is 130 Å². The highest BCUT2D eigenvalue weighted by molar-refractivity contribution is 7.80. The summed E-state index contributed by atoms with van der Waals surface area (Å²) in [4.78, 5) is 34.1. The lowest BCUT2D eigenvalue weighted by atomic mass is 10.1. The second-order valence-corrected chi connectivity index (χ2v) is 7.89. The number of benzene rings is 2. The van der Waals surface area contributed by atoms with Crippen molar-refractivity contribution in [2.45, 2.75) is 38.5 Å². The normalized spacial score (nSPS) is 16.0. The summed E-state index contributed by atoms with van der Waals surface area (Å²) < 4.78 is 5.65. The number of hydrogen-bond donors (Lipinski definition) is 3. The number of carbonyl (C=O) groups is 3. The molecule has 0 saturated carbocycles. The molecule has 1 aliphatic rings. The molecule has 0 unspecified atom stereocenters. The number of amides is 1. The number of hydrogen-bond acceptors (Lipinski definition) is 6. The Hall–Kier alpha value is -3.30. The number of nitrogens with two attached hydrogens (primary N) is 1. The first-order valence-electron chi connectivity index (χ1n) is 9.93. The SMILES string of the molecule is CC(=O)N1CC(=S)C[C@H]1C(=O)O.N[C@@H](Cc1ccc(OCc2ccccc2)cc1)C(=O)O. The number of likely N-dealkylation sites (tertiary alicyclic amines) is 1. The van der Waals surface area contributed by atoms with Crippen LogP contribution < -0.4 is 10.5 Å². The maximum atomic E-state index is 10.9. The predicted octanol–water partition coefficient (Wildman–Crippen LogP) is 2.28. The van der Waals surface area contributed by atoms with Gasteiger partial charge in [-0.2, -0.15) is 0 Å². The van der Waals surface area contributed by atoms with E-state index >= 15 is 0 Å². The minimum Gasteiger partial charge on any atom is -0.489 e. The Morgan fingerprint density at radius 2 is 1.72 bits per heavy atom. The molecule has 1 saturated heterocycles. The number of nitrogens with zero attached hydrogens (tertiary/aromatic N) is 1. The molecule has 4 N–H and O–H groups in total. The molecule has 1 fully saturated rings. The van der Waals surface area contributed by atoms with Gasteiger partial charge in [0, 0.05) is 18.2 Å². The van der Waals surface area contributed by atoms with E-state index in [0.29, 0.717) is 30.9 Å². The molecule has 0 aromatic heterocycles. The monoisotopic (exact) mass is 458 g/mol. The molecule has 1 heterocycles. The van der Waals surface area contributed by atoms with Gasteiger partial charge in [0.2, 0.25) is 5.91 Å². The molecule has 2 atom stereocenters. The fourth-order valence-electron chi connectivity index (χ4n) is 3.05. The van der Waals surface area contributed by atoms with Crippen LogP contribution in [-0.4, -0.2) is 56.5 Å². The van der Waals surface area contributed by atoms with Crippen molar-refractivity contribution < 1.29 is 29.3 Å². The van der Waals surface area contributed by atoms with Crippen LogP contribution in [0.3, 0.4) is 0 Å². The number of ether oxygens (including phenoxy) is 1. The van der Waals surface area contributed by atoms with Gasteiger partial charge in [0.25, 0.3) is 0 Å². The van der Waals surface area contributed by atoms with Gasteiger partial charge in [-0.25, -0.2) is 4.79 Å². The van der Waals surface area contributed by atoms with Gasteiger partial charge in [-0.1, -0.05) is 54.7 Å². The summed E-state index contributed by atoms with van der Waals surface area (Å²) in [5.74, 6) is -1.46. The second kappa shape index (κ2) is 11.9. The van der Waals surface area contributed by atoms with Crippen LogP contribution in [0.5, 0.6) is 5.75 Å². The van der Waals surface area contributed by atoms with E-state index in [1.54, 1.807) is 0 Å². The smallest absolute Gasteiger partial charge is 0.326 e. The lowest BCUT2D eigenvalue weighted by Crippen LogP contribution is -2.39. The van der Waals surface area contributed by atoms with Crippen molar-refractivity contribution in [2.24, 2.45) is 5.73 Å². The zero-order valence-electron chi connectivity index (χ0n) is 17.6. The first kappa shape index (κ1) is 25.0. The molecule has 0 bridgehead atoms. The Morgan fingerprint density at radius 3 is 2.22 bits per heavy atom. The van der Waals surface area contributed by atoms with Crippen LogP contribution in [-0.2, 0) is 27.4 Å². The summed E-state index contributed by atoms with van der Waals surface area (Å²) in [6, 6.07) is 15.6. The average Bonchev–Trinajstić information content (AvgIpc) is 3.17. The van der Waals surface area contributed by atoms with Crippen LogP contribution in [0.25, 0.3) is 0 Å². The summed E-state index contributed by atoms with van der Waals surface area (Å²) in [5.41, 5.74) is 7.47. The molecule has 9 heteroatoms. The largest absolute Gasteiger partial charge is 0.489 e. The van der Waals surface area contributed by atoms with Crippen molar-refractivity contribution in [1.82, 2.24) is 4.90 Å². The molecule has 8 nitrogen and oxygen atoms in total. The Kier molecular flexibility index (Phi) is 9.30. The van der Waals surface area contributed by atoms with Crippen LogP contribution in [0, 0.1) is 0 Å². The summed E-state index contributed by atoms with van der Waals surface area (Å²) >= 11 is 4.85. The highest BCUT2D eigenvalue weighted by Crippen LogP contribution is 2.16. The van der Waals surface area contributed by atoms with Crippen molar-refractivity contribution in [1.29, 1.82) is 0 Å². The van der Waals surface area contributed by atoms with Crippen molar-refractivity contribution in [2.75, 3.05) is 6.54 Å². The Balaban J connectivity index is 0.000000258. The average molecular weight is 459 g/mol. The predicted molar refractivity (Wildman–Crippen MR) is 123 cm³/mol. The molecular formula is C23H26N2O6S. The highest BCUT2D eigenvalue weighted by Gasteiger charge is 2.34. The quantitative estimate of drug-likeness (QED) is 0.539. The van der Waals surface area contributed by atoms with Gasteiger partial charge in [-0.15, -0.1) is 0 Å². The third-order valence-electron chi connectivity index (χ3n) is 4.78. The van der Waals surface area contributed by atoms with E-state index < -0.39 is 24.0 Å². The van der Waals surface area contributed by atoms with Crippen molar-refractivity contribution in [3.63, 3.8) is 0 Å². The first-order valence-corrected chi connectivity index (χ1v) is 10.3. The van der Waals surface area contributed by atoms with Crippen LogP contribution in [0.4, 0.5) is 0 Å².